The van der Waals surface area contributed by atoms with Gasteiger partial charge in [0.25, 0.3) is 0 Å². The quantitative estimate of drug-likeness (QED) is 0.484. The van der Waals surface area contributed by atoms with Crippen LogP contribution in [0.2, 0.25) is 0 Å². The van der Waals surface area contributed by atoms with Crippen LogP contribution in [0.5, 0.6) is 11.5 Å². The topological polar surface area (TPSA) is 79.9 Å². The highest BCUT2D eigenvalue weighted by molar-refractivity contribution is 6.04. The van der Waals surface area contributed by atoms with Crippen molar-refractivity contribution in [2.75, 3.05) is 41.4 Å². The van der Waals surface area contributed by atoms with E-state index in [0.29, 0.717) is 24.6 Å². The molecule has 146 valence electrons. The Balaban J connectivity index is 2.58. The van der Waals surface area contributed by atoms with Crippen LogP contribution in [0.25, 0.3) is 0 Å². The van der Waals surface area contributed by atoms with Gasteiger partial charge in [-0.05, 0) is 58.6 Å². The van der Waals surface area contributed by atoms with Gasteiger partial charge in [0.15, 0.2) is 11.5 Å². The Labute approximate surface area is 156 Å². The molecule has 26 heavy (non-hydrogen) atoms. The molecular weight excluding hydrogens is 334 g/mol. The summed E-state index contributed by atoms with van der Waals surface area (Å²) < 4.78 is 10.5. The van der Waals surface area contributed by atoms with E-state index in [-0.39, 0.29) is 11.8 Å². The number of carbonyl (C=O) groups is 2. The van der Waals surface area contributed by atoms with E-state index >= 15 is 0 Å². The minimum atomic E-state index is -1.14. The standard InChI is InChI=1S/C19H31N3O4/c1-19(2,17(23)20-10-7-11-22(3)4)18(24)21-13-14-8-9-15(25-5)16(12-14)26-6/h8-9,12H,7,10-11,13H2,1-6H3,(H,20,23)(H,21,24). The molecule has 0 radical (unpaired) electrons. The maximum Gasteiger partial charge on any atom is 0.235 e. The highest BCUT2D eigenvalue weighted by Crippen LogP contribution is 2.27. The number of nitrogens with one attached hydrogen (secondary N) is 2. The molecule has 7 heteroatoms. The molecule has 0 atom stereocenters. The van der Waals surface area contributed by atoms with Crippen molar-refractivity contribution in [3.63, 3.8) is 0 Å². The molecule has 2 N–H and O–H groups in total. The van der Waals surface area contributed by atoms with Gasteiger partial charge in [-0.25, -0.2) is 0 Å². The van der Waals surface area contributed by atoms with Crippen molar-refractivity contribution in [3.05, 3.63) is 23.8 Å². The van der Waals surface area contributed by atoms with Gasteiger partial charge in [0.1, 0.15) is 5.41 Å². The molecule has 0 aliphatic rings. The lowest BCUT2D eigenvalue weighted by Crippen LogP contribution is -2.48. The summed E-state index contributed by atoms with van der Waals surface area (Å²) in [5.41, 5.74) is -0.285. The van der Waals surface area contributed by atoms with Crippen LogP contribution in [0.15, 0.2) is 18.2 Å². The second-order valence-corrected chi connectivity index (χ2v) is 6.91. The number of benzene rings is 1. The van der Waals surface area contributed by atoms with Gasteiger partial charge in [-0.15, -0.1) is 0 Å². The van der Waals surface area contributed by atoms with Gasteiger partial charge in [-0.2, -0.15) is 0 Å². The van der Waals surface area contributed by atoms with Crippen molar-refractivity contribution in [1.82, 2.24) is 15.5 Å². The molecule has 7 nitrogen and oxygen atoms in total. The van der Waals surface area contributed by atoms with E-state index in [2.05, 4.69) is 10.6 Å². The number of methoxy groups -OCH3 is 2. The van der Waals surface area contributed by atoms with Crippen LogP contribution >= 0.6 is 0 Å². The van der Waals surface area contributed by atoms with Crippen molar-refractivity contribution in [1.29, 1.82) is 0 Å². The molecule has 0 bridgehead atoms. The molecule has 1 rings (SSSR count). The molecule has 0 spiro atoms. The van der Waals surface area contributed by atoms with Gasteiger partial charge in [0.2, 0.25) is 11.8 Å². The van der Waals surface area contributed by atoms with E-state index in [1.165, 1.54) is 0 Å². The Hall–Kier alpha value is -2.28. The first kappa shape index (κ1) is 21.8. The monoisotopic (exact) mass is 365 g/mol. The third-order valence-corrected chi connectivity index (χ3v) is 4.10. The largest absolute Gasteiger partial charge is 0.493 e. The van der Waals surface area contributed by atoms with Crippen LogP contribution in [-0.4, -0.2) is 58.1 Å². The highest BCUT2D eigenvalue weighted by Gasteiger charge is 2.35. The first-order valence-corrected chi connectivity index (χ1v) is 8.64. The second kappa shape index (κ2) is 10.0. The number of nitrogens with zero attached hydrogens (tertiary/aromatic N) is 1. The molecule has 0 heterocycles. The molecule has 0 aliphatic heterocycles. The molecule has 1 aromatic carbocycles. The summed E-state index contributed by atoms with van der Waals surface area (Å²) in [6, 6.07) is 5.42. The summed E-state index contributed by atoms with van der Waals surface area (Å²) in [5, 5.41) is 5.64. The van der Waals surface area contributed by atoms with Gasteiger partial charge in [0, 0.05) is 13.1 Å². The fourth-order valence-corrected chi connectivity index (χ4v) is 2.32. The first-order valence-electron chi connectivity index (χ1n) is 8.64. The molecule has 2 amide bonds. The number of rotatable bonds is 10. The zero-order valence-electron chi connectivity index (χ0n) is 16.6. The summed E-state index contributed by atoms with van der Waals surface area (Å²) in [7, 11) is 7.09. The van der Waals surface area contributed by atoms with E-state index in [1.807, 2.05) is 25.1 Å². The van der Waals surface area contributed by atoms with Crippen molar-refractivity contribution in [2.24, 2.45) is 5.41 Å². The zero-order chi connectivity index (χ0) is 19.7. The molecule has 0 unspecified atom stereocenters. The summed E-state index contributed by atoms with van der Waals surface area (Å²) in [6.07, 6.45) is 0.835. The van der Waals surface area contributed by atoms with Crippen LogP contribution < -0.4 is 20.1 Å². The number of carbonyl (C=O) groups excluding carboxylic acids is 2. The average Bonchev–Trinajstić information content (AvgIpc) is 2.62. The molecular formula is C19H31N3O4. The number of hydrogen-bond acceptors (Lipinski definition) is 5. The number of ether oxygens (including phenoxy) is 2. The Morgan fingerprint density at radius 3 is 2.23 bits per heavy atom. The Kier molecular flexibility index (Phi) is 8.38. The number of amides is 2. The van der Waals surface area contributed by atoms with Gasteiger partial charge in [-0.1, -0.05) is 6.07 Å². The number of hydrogen-bond donors (Lipinski definition) is 2. The van der Waals surface area contributed by atoms with Crippen LogP contribution in [0.4, 0.5) is 0 Å². The van der Waals surface area contributed by atoms with E-state index in [0.717, 1.165) is 18.5 Å². The summed E-state index contributed by atoms with van der Waals surface area (Å²) in [4.78, 5) is 26.8. The normalized spacial score (nSPS) is 11.2. The molecule has 0 fully saturated rings. The highest BCUT2D eigenvalue weighted by atomic mass is 16.5. The van der Waals surface area contributed by atoms with Crippen LogP contribution in [0.1, 0.15) is 25.8 Å². The smallest absolute Gasteiger partial charge is 0.235 e. The zero-order valence-corrected chi connectivity index (χ0v) is 16.6. The predicted octanol–water partition coefficient (Wildman–Crippen LogP) is 1.41. The van der Waals surface area contributed by atoms with Crippen molar-refractivity contribution in [3.8, 4) is 11.5 Å². The molecule has 1 aromatic rings. The summed E-state index contributed by atoms with van der Waals surface area (Å²) >= 11 is 0. The molecule has 0 saturated carbocycles. The lowest BCUT2D eigenvalue weighted by molar-refractivity contribution is -0.141. The van der Waals surface area contributed by atoms with Crippen LogP contribution in [0.3, 0.4) is 0 Å². The lowest BCUT2D eigenvalue weighted by Gasteiger charge is -2.23. The van der Waals surface area contributed by atoms with E-state index in [1.54, 1.807) is 40.2 Å². The average molecular weight is 365 g/mol. The van der Waals surface area contributed by atoms with Gasteiger partial charge >= 0.3 is 0 Å². The second-order valence-electron chi connectivity index (χ2n) is 6.91. The minimum Gasteiger partial charge on any atom is -0.493 e. The maximum absolute atomic E-state index is 12.5. The Morgan fingerprint density at radius 2 is 1.65 bits per heavy atom. The minimum absolute atomic E-state index is 0.277. The van der Waals surface area contributed by atoms with Crippen molar-refractivity contribution < 1.29 is 19.1 Å². The van der Waals surface area contributed by atoms with E-state index in [4.69, 9.17) is 9.47 Å². The van der Waals surface area contributed by atoms with Gasteiger partial charge < -0.3 is 25.0 Å². The van der Waals surface area contributed by atoms with E-state index in [9.17, 15) is 9.59 Å². The fourth-order valence-electron chi connectivity index (χ4n) is 2.32. The molecule has 0 aromatic heterocycles. The SMILES string of the molecule is COc1ccc(CNC(=O)C(C)(C)C(=O)NCCCN(C)C)cc1OC. The van der Waals surface area contributed by atoms with Gasteiger partial charge in [-0.3, -0.25) is 9.59 Å². The fraction of sp³-hybridized carbons (Fsp3) is 0.579. The maximum atomic E-state index is 12.5. The summed E-state index contributed by atoms with van der Waals surface area (Å²) in [6.45, 7) is 4.97. The third-order valence-electron chi connectivity index (χ3n) is 4.10. The molecule has 0 saturated heterocycles. The lowest BCUT2D eigenvalue weighted by atomic mass is 9.91. The van der Waals surface area contributed by atoms with Crippen LogP contribution in [-0.2, 0) is 16.1 Å². The Morgan fingerprint density at radius 1 is 1.04 bits per heavy atom. The van der Waals surface area contributed by atoms with Crippen LogP contribution in [0, 0.1) is 5.41 Å². The van der Waals surface area contributed by atoms with Crippen molar-refractivity contribution >= 4 is 11.8 Å². The first-order chi connectivity index (χ1) is 12.2. The van der Waals surface area contributed by atoms with Crippen molar-refractivity contribution in [2.45, 2.75) is 26.8 Å². The third kappa shape index (κ3) is 6.22. The Bertz CT molecular complexity index is 615. The van der Waals surface area contributed by atoms with Gasteiger partial charge in [0.05, 0.1) is 14.2 Å². The summed E-state index contributed by atoms with van der Waals surface area (Å²) in [5.74, 6) is 0.621. The van der Waals surface area contributed by atoms with E-state index < -0.39 is 5.41 Å². The predicted molar refractivity (Wildman–Crippen MR) is 101 cm³/mol. The molecule has 0 aliphatic carbocycles.